The molecule has 0 spiro atoms. The first-order valence-electron chi connectivity index (χ1n) is 11.3. The topological polar surface area (TPSA) is 75.3 Å². The number of methoxy groups -OCH3 is 2. The van der Waals surface area contributed by atoms with E-state index in [0.29, 0.717) is 42.8 Å². The summed E-state index contributed by atoms with van der Waals surface area (Å²) in [6.45, 7) is 4.35. The van der Waals surface area contributed by atoms with Crippen LogP contribution in [0.15, 0.2) is 42.5 Å². The number of amides is 1. The monoisotopic (exact) mass is 455 g/mol. The Labute approximate surface area is 195 Å². The summed E-state index contributed by atoms with van der Waals surface area (Å²) in [5.74, 6) is 2.44. The van der Waals surface area contributed by atoms with E-state index in [1.165, 1.54) is 6.08 Å². The number of ether oxygens (including phenoxy) is 5. The molecule has 0 bridgehead atoms. The molecule has 0 aromatic heterocycles. The van der Waals surface area contributed by atoms with Gasteiger partial charge in [0.1, 0.15) is 6.61 Å². The fraction of sp³-hybridized carbons (Fsp3) is 0.423. The van der Waals surface area contributed by atoms with E-state index in [1.807, 2.05) is 43.3 Å². The van der Waals surface area contributed by atoms with Gasteiger partial charge in [-0.25, -0.2) is 0 Å². The van der Waals surface area contributed by atoms with Crippen molar-refractivity contribution in [2.24, 2.45) is 0 Å². The van der Waals surface area contributed by atoms with Crippen LogP contribution in [0.2, 0.25) is 0 Å². The lowest BCUT2D eigenvalue weighted by Crippen LogP contribution is -2.20. The van der Waals surface area contributed by atoms with Gasteiger partial charge in [-0.1, -0.05) is 19.1 Å². The van der Waals surface area contributed by atoms with Gasteiger partial charge in [-0.05, 0) is 60.7 Å². The summed E-state index contributed by atoms with van der Waals surface area (Å²) >= 11 is 0. The van der Waals surface area contributed by atoms with Crippen LogP contribution in [0.25, 0.3) is 6.08 Å². The Morgan fingerprint density at radius 2 is 1.82 bits per heavy atom. The van der Waals surface area contributed by atoms with Gasteiger partial charge in [-0.15, -0.1) is 0 Å². The van der Waals surface area contributed by atoms with Gasteiger partial charge in [0.15, 0.2) is 23.0 Å². The van der Waals surface area contributed by atoms with Crippen LogP contribution in [0, 0.1) is 0 Å². The molecule has 1 aliphatic heterocycles. The second kappa shape index (κ2) is 12.7. The van der Waals surface area contributed by atoms with E-state index in [1.54, 1.807) is 20.3 Å². The third kappa shape index (κ3) is 7.43. The van der Waals surface area contributed by atoms with E-state index in [4.69, 9.17) is 23.7 Å². The fourth-order valence-electron chi connectivity index (χ4n) is 3.44. The van der Waals surface area contributed by atoms with Crippen LogP contribution >= 0.6 is 0 Å². The van der Waals surface area contributed by atoms with Gasteiger partial charge in [0.25, 0.3) is 0 Å². The van der Waals surface area contributed by atoms with Crippen LogP contribution in [0.4, 0.5) is 0 Å². The molecule has 7 nitrogen and oxygen atoms in total. The quantitative estimate of drug-likeness (QED) is 0.479. The molecule has 1 N–H and O–H groups in total. The maximum atomic E-state index is 12.3. The molecular weight excluding hydrogens is 422 g/mol. The molecule has 1 fully saturated rings. The molecule has 1 saturated heterocycles. The molecule has 3 rings (SSSR count). The maximum Gasteiger partial charge on any atom is 0.244 e. The standard InChI is InChI=1S/C26H33NO6/c1-4-13-32-22-10-7-19(15-24(22)29-2)9-12-26(28)27-17-20-8-11-23(25(16-20)30-3)33-18-21-6-5-14-31-21/h7-12,15-16,21H,4-6,13-14,17-18H2,1-3H3,(H,27,28). The molecule has 2 aromatic rings. The molecule has 1 heterocycles. The summed E-state index contributed by atoms with van der Waals surface area (Å²) in [6, 6.07) is 11.2. The number of hydrogen-bond acceptors (Lipinski definition) is 6. The number of benzene rings is 2. The van der Waals surface area contributed by atoms with Crippen molar-refractivity contribution in [1.82, 2.24) is 5.32 Å². The van der Waals surface area contributed by atoms with Crippen LogP contribution in [0.3, 0.4) is 0 Å². The molecule has 1 amide bonds. The fourth-order valence-corrected chi connectivity index (χ4v) is 3.44. The first kappa shape index (κ1) is 24.5. The lowest BCUT2D eigenvalue weighted by Gasteiger charge is -2.15. The van der Waals surface area contributed by atoms with Crippen LogP contribution in [0.5, 0.6) is 23.0 Å². The van der Waals surface area contributed by atoms with Gasteiger partial charge in [0, 0.05) is 19.2 Å². The van der Waals surface area contributed by atoms with E-state index >= 15 is 0 Å². The van der Waals surface area contributed by atoms with Crippen molar-refractivity contribution >= 4 is 12.0 Å². The van der Waals surface area contributed by atoms with Gasteiger partial charge in [-0.3, -0.25) is 4.79 Å². The zero-order chi connectivity index (χ0) is 23.5. The Morgan fingerprint density at radius 1 is 1.06 bits per heavy atom. The van der Waals surface area contributed by atoms with Gasteiger partial charge in [0.05, 0.1) is 26.9 Å². The minimum absolute atomic E-state index is 0.139. The predicted octanol–water partition coefficient (Wildman–Crippen LogP) is 4.38. The predicted molar refractivity (Wildman–Crippen MR) is 127 cm³/mol. The SMILES string of the molecule is CCCOc1ccc(C=CC(=O)NCc2ccc(OCC3CCCO3)c(OC)c2)cc1OC. The van der Waals surface area contributed by atoms with Crippen molar-refractivity contribution < 1.29 is 28.5 Å². The van der Waals surface area contributed by atoms with Crippen molar-refractivity contribution in [2.75, 3.05) is 34.0 Å². The molecule has 0 radical (unpaired) electrons. The van der Waals surface area contributed by atoms with Gasteiger partial charge < -0.3 is 29.0 Å². The van der Waals surface area contributed by atoms with E-state index < -0.39 is 0 Å². The largest absolute Gasteiger partial charge is 0.493 e. The molecule has 7 heteroatoms. The Bertz CT molecular complexity index is 936. The second-order valence-corrected chi connectivity index (χ2v) is 7.74. The molecule has 33 heavy (non-hydrogen) atoms. The zero-order valence-corrected chi connectivity index (χ0v) is 19.6. The van der Waals surface area contributed by atoms with Crippen molar-refractivity contribution in [1.29, 1.82) is 0 Å². The third-order valence-corrected chi connectivity index (χ3v) is 5.22. The number of hydrogen-bond donors (Lipinski definition) is 1. The van der Waals surface area contributed by atoms with E-state index in [0.717, 1.165) is 37.0 Å². The summed E-state index contributed by atoms with van der Waals surface area (Å²) in [5.41, 5.74) is 1.76. The lowest BCUT2D eigenvalue weighted by molar-refractivity contribution is -0.116. The maximum absolute atomic E-state index is 12.3. The number of carbonyl (C=O) groups excluding carboxylic acids is 1. The first-order valence-corrected chi connectivity index (χ1v) is 11.3. The molecule has 1 atom stereocenters. The number of carbonyl (C=O) groups is 1. The van der Waals surface area contributed by atoms with Crippen molar-refractivity contribution in [3.8, 4) is 23.0 Å². The summed E-state index contributed by atoms with van der Waals surface area (Å²) in [5, 5.41) is 2.89. The highest BCUT2D eigenvalue weighted by Gasteiger charge is 2.17. The molecule has 178 valence electrons. The summed E-state index contributed by atoms with van der Waals surface area (Å²) in [6.07, 6.45) is 6.39. The van der Waals surface area contributed by atoms with Crippen LogP contribution < -0.4 is 24.3 Å². The average Bonchev–Trinajstić information content (AvgIpc) is 3.37. The van der Waals surface area contributed by atoms with E-state index in [9.17, 15) is 4.79 Å². The van der Waals surface area contributed by atoms with Crippen LogP contribution in [0.1, 0.15) is 37.3 Å². The molecule has 1 unspecified atom stereocenters. The van der Waals surface area contributed by atoms with Gasteiger partial charge in [0.2, 0.25) is 5.91 Å². The van der Waals surface area contributed by atoms with Gasteiger partial charge >= 0.3 is 0 Å². The Kier molecular flexibility index (Phi) is 9.44. The molecule has 0 saturated carbocycles. The van der Waals surface area contributed by atoms with Crippen molar-refractivity contribution in [3.05, 3.63) is 53.6 Å². The van der Waals surface area contributed by atoms with E-state index in [2.05, 4.69) is 5.32 Å². The minimum Gasteiger partial charge on any atom is -0.493 e. The normalized spacial score (nSPS) is 15.4. The summed E-state index contributed by atoms with van der Waals surface area (Å²) in [7, 11) is 3.20. The molecule has 0 aliphatic carbocycles. The third-order valence-electron chi connectivity index (χ3n) is 5.22. The highest BCUT2D eigenvalue weighted by atomic mass is 16.5. The smallest absolute Gasteiger partial charge is 0.244 e. The Morgan fingerprint density at radius 3 is 2.55 bits per heavy atom. The Hall–Kier alpha value is -3.19. The number of nitrogens with one attached hydrogen (secondary N) is 1. The average molecular weight is 456 g/mol. The van der Waals surface area contributed by atoms with Crippen LogP contribution in [-0.2, 0) is 16.1 Å². The summed E-state index contributed by atoms with van der Waals surface area (Å²) in [4.78, 5) is 12.3. The minimum atomic E-state index is -0.196. The number of rotatable bonds is 12. The Balaban J connectivity index is 1.52. The molecular formula is C26H33NO6. The second-order valence-electron chi connectivity index (χ2n) is 7.74. The van der Waals surface area contributed by atoms with Crippen molar-refractivity contribution in [2.45, 2.75) is 38.8 Å². The lowest BCUT2D eigenvalue weighted by atomic mass is 10.1. The zero-order valence-electron chi connectivity index (χ0n) is 19.6. The van der Waals surface area contributed by atoms with Gasteiger partial charge in [-0.2, -0.15) is 0 Å². The van der Waals surface area contributed by atoms with Crippen molar-refractivity contribution in [3.63, 3.8) is 0 Å². The molecule has 2 aromatic carbocycles. The van der Waals surface area contributed by atoms with Crippen LogP contribution in [-0.4, -0.2) is 46.1 Å². The first-order chi connectivity index (χ1) is 16.1. The molecule has 1 aliphatic rings. The van der Waals surface area contributed by atoms with E-state index in [-0.39, 0.29) is 12.0 Å². The highest BCUT2D eigenvalue weighted by molar-refractivity contribution is 5.91. The highest BCUT2D eigenvalue weighted by Crippen LogP contribution is 2.30. The summed E-state index contributed by atoms with van der Waals surface area (Å²) < 4.78 is 28.0.